The summed E-state index contributed by atoms with van der Waals surface area (Å²) in [4.78, 5) is 61.3. The number of aliphatic carboxylic acids is 2. The topological polar surface area (TPSA) is 296 Å². The van der Waals surface area contributed by atoms with Crippen LogP contribution >= 0.6 is 0 Å². The fourth-order valence-electron chi connectivity index (χ4n) is 1.81. The Hall–Kier alpha value is -3.51. The van der Waals surface area contributed by atoms with Gasteiger partial charge in [0, 0.05) is 30.5 Å². The van der Waals surface area contributed by atoms with Crippen molar-refractivity contribution in [1.82, 2.24) is 0 Å². The number of Topliss-reactive ketones (excluding diaryl/α,β-unsaturated/α-hetero) is 1. The van der Waals surface area contributed by atoms with Gasteiger partial charge in [0.1, 0.15) is 0 Å². The average Bonchev–Trinajstić information content (AvgIpc) is 2.70. The van der Waals surface area contributed by atoms with Crippen LogP contribution in [0, 0.1) is 0 Å². The van der Waals surface area contributed by atoms with Gasteiger partial charge in [-0.1, -0.05) is 17.9 Å². The van der Waals surface area contributed by atoms with Crippen molar-refractivity contribution < 1.29 is 49.2 Å². The summed E-state index contributed by atoms with van der Waals surface area (Å²) in [6.07, 6.45) is 0.0413. The molecule has 2 unspecified atom stereocenters. The smallest absolute Gasteiger partial charge is 0.871 e. The van der Waals surface area contributed by atoms with E-state index in [4.69, 9.17) is 28.0 Å². The molecule has 0 saturated heterocycles. The Morgan fingerprint density at radius 1 is 0.853 bits per heavy atom. The van der Waals surface area contributed by atoms with Crippen molar-refractivity contribution in [2.75, 3.05) is 0 Å². The van der Waals surface area contributed by atoms with Crippen molar-refractivity contribution in [3.8, 4) is 5.75 Å². The van der Waals surface area contributed by atoms with Crippen LogP contribution in [0.15, 0.2) is 18.2 Å². The zero-order valence-electron chi connectivity index (χ0n) is 18.2. The van der Waals surface area contributed by atoms with E-state index in [1.54, 1.807) is 0 Å². The van der Waals surface area contributed by atoms with Crippen molar-refractivity contribution in [3.05, 3.63) is 29.3 Å². The minimum Gasteiger partial charge on any atom is -0.871 e. The largest absolute Gasteiger partial charge is 3.00 e. The molecule has 0 radical (unpaired) electrons. The number of benzene rings is 1. The summed E-state index contributed by atoms with van der Waals surface area (Å²) in [7, 11) is 0. The van der Waals surface area contributed by atoms with Gasteiger partial charge in [-0.3, -0.25) is 14.4 Å². The second-order valence-electron chi connectivity index (χ2n) is 6.40. The molecule has 0 aromatic heterocycles. The average molecular weight is 496 g/mol. The number of hydrogen-bond acceptors (Lipinski definition) is 11. The predicted octanol–water partition coefficient (Wildman–Crippen LogP) is -5.06. The predicted molar refractivity (Wildman–Crippen MR) is 111 cm³/mol. The summed E-state index contributed by atoms with van der Waals surface area (Å²) in [6, 6.07) is 1.69. The summed E-state index contributed by atoms with van der Waals surface area (Å²) in [6.45, 7) is 1.22. The van der Waals surface area contributed by atoms with Gasteiger partial charge < -0.3 is 52.9 Å². The summed E-state index contributed by atoms with van der Waals surface area (Å²) in [5.41, 5.74) is 19.0. The van der Waals surface area contributed by atoms with Gasteiger partial charge in [-0.25, -0.2) is 4.79 Å². The van der Waals surface area contributed by atoms with E-state index in [0.717, 1.165) is 0 Å². The number of primary amides is 2. The zero-order chi connectivity index (χ0) is 26.3. The van der Waals surface area contributed by atoms with E-state index in [1.807, 2.05) is 0 Å². The molecule has 1 aromatic carbocycles. The number of carbonyl (C=O) groups is 6. The number of nitrogens with two attached hydrogens (primary N) is 4. The Labute approximate surface area is 205 Å². The molecule has 1 rings (SSSR count). The summed E-state index contributed by atoms with van der Waals surface area (Å²) in [5.74, 6) is -6.29. The van der Waals surface area contributed by atoms with E-state index in [2.05, 4.69) is 0 Å². The first-order valence-electron chi connectivity index (χ1n) is 9.15. The molecule has 184 valence electrons. The monoisotopic (exact) mass is 496 g/mol. The molecule has 1 aromatic rings. The fraction of sp³-hybridized carbons (Fsp3) is 0.368. The third kappa shape index (κ3) is 16.2. The van der Waals surface area contributed by atoms with Crippen molar-refractivity contribution in [2.24, 2.45) is 22.9 Å². The molecule has 0 saturated carbocycles. The van der Waals surface area contributed by atoms with Crippen molar-refractivity contribution in [3.63, 3.8) is 0 Å². The van der Waals surface area contributed by atoms with Gasteiger partial charge in [0.05, 0.1) is 17.5 Å². The van der Waals surface area contributed by atoms with E-state index in [-0.39, 0.29) is 54.2 Å². The van der Waals surface area contributed by atoms with Gasteiger partial charge in [-0.05, 0) is 25.8 Å². The van der Waals surface area contributed by atoms with E-state index >= 15 is 0 Å². The number of rotatable bonds is 10. The van der Waals surface area contributed by atoms with Gasteiger partial charge in [0.2, 0.25) is 11.8 Å². The van der Waals surface area contributed by atoms with Gasteiger partial charge in [-0.2, -0.15) is 0 Å². The molecule has 34 heavy (non-hydrogen) atoms. The third-order valence-corrected chi connectivity index (χ3v) is 3.63. The third-order valence-electron chi connectivity index (χ3n) is 3.63. The van der Waals surface area contributed by atoms with Crippen LogP contribution in [0.4, 0.5) is 0 Å². The van der Waals surface area contributed by atoms with E-state index in [0.29, 0.717) is 0 Å². The number of carboxylic acid groups (broad SMARTS) is 3. The molecule has 2 atom stereocenters. The number of carbonyl (C=O) groups excluding carboxylic acids is 5. The first-order valence-corrected chi connectivity index (χ1v) is 9.15. The number of amides is 2. The van der Waals surface area contributed by atoms with Crippen molar-refractivity contribution >= 4 is 52.9 Å². The van der Waals surface area contributed by atoms with Crippen LogP contribution < -0.4 is 38.3 Å². The molecule has 0 fully saturated rings. The standard InChI is InChI=1S/C9H8O4.2C5H10N2O3.Al/c1-5(10)6-3-2-4-7(8(6)11)9(12)13;2*6-3(5(9)10)1-2-4(7)8;/h2-4,11H,1H3,(H,12,13);2*3H,1-2,6H2,(H2,7,8)(H,9,10);/q;;;+3/p-3. The molecular formula is C19H25AlN4O10. The first-order chi connectivity index (χ1) is 15.1. The number of ketones is 1. The maximum absolute atomic E-state index is 11.3. The van der Waals surface area contributed by atoms with Gasteiger partial charge >= 0.3 is 23.3 Å². The van der Waals surface area contributed by atoms with Gasteiger partial charge in [0.15, 0.2) is 5.78 Å². The van der Waals surface area contributed by atoms with E-state index in [1.165, 1.54) is 25.1 Å². The summed E-state index contributed by atoms with van der Waals surface area (Å²) in [5, 5.41) is 39.7. The number of para-hydroxylation sites is 1. The SMILES string of the molecule is CC(=O)c1cccc(C(=O)O)c1[O-].NC(=O)CCC(N)C(=O)[O-].NC(=O)CCC(N)C(=O)[O-].[Al+3]. The number of carboxylic acids is 3. The van der Waals surface area contributed by atoms with Crippen LogP contribution in [-0.2, 0) is 19.2 Å². The van der Waals surface area contributed by atoms with Crippen molar-refractivity contribution in [1.29, 1.82) is 0 Å². The fourth-order valence-corrected chi connectivity index (χ4v) is 1.81. The molecule has 0 spiro atoms. The van der Waals surface area contributed by atoms with Gasteiger partial charge in [-0.15, -0.1) is 0 Å². The van der Waals surface area contributed by atoms with Crippen molar-refractivity contribution in [2.45, 2.75) is 44.7 Å². The zero-order valence-corrected chi connectivity index (χ0v) is 19.4. The maximum atomic E-state index is 11.3. The van der Waals surface area contributed by atoms with E-state index < -0.39 is 53.3 Å². The van der Waals surface area contributed by atoms with Crippen LogP contribution in [0.2, 0.25) is 0 Å². The molecule has 14 nitrogen and oxygen atoms in total. The van der Waals surface area contributed by atoms with Crippen LogP contribution in [0.25, 0.3) is 0 Å². The number of aromatic carboxylic acids is 1. The Morgan fingerprint density at radius 3 is 1.47 bits per heavy atom. The molecular weight excluding hydrogens is 471 g/mol. The molecule has 9 N–H and O–H groups in total. The summed E-state index contributed by atoms with van der Waals surface area (Å²) < 4.78 is 0. The molecule has 0 heterocycles. The molecule has 15 heteroatoms. The van der Waals surface area contributed by atoms with Gasteiger partial charge in [0.25, 0.3) is 0 Å². The summed E-state index contributed by atoms with van der Waals surface area (Å²) >= 11 is 0. The molecule has 0 aliphatic heterocycles. The number of hydrogen-bond donors (Lipinski definition) is 5. The Morgan fingerprint density at radius 2 is 1.21 bits per heavy atom. The Balaban J connectivity index is -0.000000424. The quantitative estimate of drug-likeness (QED) is 0.150. The van der Waals surface area contributed by atoms with Crippen LogP contribution in [-0.4, -0.2) is 70.1 Å². The first kappa shape index (κ1) is 35.1. The molecule has 0 aliphatic carbocycles. The van der Waals surface area contributed by atoms with E-state index in [9.17, 15) is 44.1 Å². The second kappa shape index (κ2) is 18.0. The minimum absolute atomic E-state index is 0. The van der Waals surface area contributed by atoms with Crippen LogP contribution in [0.5, 0.6) is 5.75 Å². The minimum atomic E-state index is -1.36. The Bertz CT molecular complexity index is 812. The molecule has 2 amide bonds. The molecule has 0 bridgehead atoms. The normalized spacial score (nSPS) is 11.0. The van der Waals surface area contributed by atoms with Crippen LogP contribution in [0.3, 0.4) is 0 Å². The maximum Gasteiger partial charge on any atom is 3.00 e. The molecule has 0 aliphatic rings. The Kier molecular flexibility index (Phi) is 18.6. The van der Waals surface area contributed by atoms with Crippen LogP contribution in [0.1, 0.15) is 53.3 Å². The second-order valence-corrected chi connectivity index (χ2v) is 6.40.